The van der Waals surface area contributed by atoms with Crippen LogP contribution in [0.15, 0.2) is 18.2 Å². The van der Waals surface area contributed by atoms with E-state index in [0.29, 0.717) is 0 Å². The summed E-state index contributed by atoms with van der Waals surface area (Å²) < 4.78 is 17.5. The van der Waals surface area contributed by atoms with Gasteiger partial charge in [-0.1, -0.05) is 6.07 Å². The van der Waals surface area contributed by atoms with Gasteiger partial charge < -0.3 is 4.74 Å². The number of ether oxygens (including phenoxy) is 1. The number of hydrogen-bond acceptors (Lipinski definition) is 4. The summed E-state index contributed by atoms with van der Waals surface area (Å²) in [4.78, 5) is 21.3. The third kappa shape index (κ3) is 2.16. The van der Waals surface area contributed by atoms with Crippen LogP contribution in [0.3, 0.4) is 0 Å². The van der Waals surface area contributed by atoms with Gasteiger partial charge in [0.15, 0.2) is 0 Å². The highest BCUT2D eigenvalue weighted by Crippen LogP contribution is 2.30. The number of para-hydroxylation sites is 1. The van der Waals surface area contributed by atoms with Crippen LogP contribution < -0.4 is 0 Å². The summed E-state index contributed by atoms with van der Waals surface area (Å²) in [5.41, 5.74) is -0.910. The van der Waals surface area contributed by atoms with Crippen molar-refractivity contribution in [2.24, 2.45) is 0 Å². The standard InChI is InChI=1S/C10H10FNO4/c1-6(11)7-4-3-5-8(10(13)16-2)9(7)12(14)15/h3-6H,1-2H3. The van der Waals surface area contributed by atoms with E-state index in [1.54, 1.807) is 0 Å². The lowest BCUT2D eigenvalue weighted by molar-refractivity contribution is -0.386. The minimum Gasteiger partial charge on any atom is -0.465 e. The lowest BCUT2D eigenvalue weighted by Crippen LogP contribution is -2.08. The van der Waals surface area contributed by atoms with Crippen LogP contribution in [0.1, 0.15) is 29.0 Å². The van der Waals surface area contributed by atoms with Crippen molar-refractivity contribution in [2.45, 2.75) is 13.1 Å². The molecular formula is C10H10FNO4. The number of carbonyl (C=O) groups excluding carboxylic acids is 1. The molecule has 0 aromatic heterocycles. The quantitative estimate of drug-likeness (QED) is 0.451. The minimum absolute atomic E-state index is 0.132. The van der Waals surface area contributed by atoms with E-state index < -0.39 is 22.8 Å². The molecule has 0 spiro atoms. The molecule has 1 aromatic rings. The molecule has 0 aliphatic rings. The SMILES string of the molecule is COC(=O)c1cccc(C(C)F)c1[N+](=O)[O-]. The van der Waals surface area contributed by atoms with Crippen LogP contribution in [-0.2, 0) is 4.74 Å². The summed E-state index contributed by atoms with van der Waals surface area (Å²) >= 11 is 0. The summed E-state index contributed by atoms with van der Waals surface area (Å²) in [6.45, 7) is 1.17. The van der Waals surface area contributed by atoms with Gasteiger partial charge in [-0.05, 0) is 19.1 Å². The maximum absolute atomic E-state index is 13.1. The van der Waals surface area contributed by atoms with Crippen molar-refractivity contribution in [2.75, 3.05) is 7.11 Å². The van der Waals surface area contributed by atoms with Gasteiger partial charge >= 0.3 is 5.97 Å². The second kappa shape index (κ2) is 4.69. The van der Waals surface area contributed by atoms with Gasteiger partial charge in [-0.3, -0.25) is 10.1 Å². The molecule has 0 aliphatic heterocycles. The molecule has 16 heavy (non-hydrogen) atoms. The van der Waals surface area contributed by atoms with Crippen molar-refractivity contribution in [1.82, 2.24) is 0 Å². The molecule has 0 radical (unpaired) electrons. The van der Waals surface area contributed by atoms with E-state index in [0.717, 1.165) is 7.11 Å². The van der Waals surface area contributed by atoms with Gasteiger partial charge in [0.2, 0.25) is 0 Å². The number of methoxy groups -OCH3 is 1. The third-order valence-electron chi connectivity index (χ3n) is 2.08. The van der Waals surface area contributed by atoms with E-state index in [9.17, 15) is 19.3 Å². The van der Waals surface area contributed by atoms with Crippen molar-refractivity contribution in [1.29, 1.82) is 0 Å². The van der Waals surface area contributed by atoms with Crippen LogP contribution >= 0.6 is 0 Å². The van der Waals surface area contributed by atoms with Crippen LogP contribution in [-0.4, -0.2) is 18.0 Å². The molecule has 0 saturated heterocycles. The van der Waals surface area contributed by atoms with E-state index >= 15 is 0 Å². The number of nitro benzene ring substituents is 1. The minimum atomic E-state index is -1.52. The predicted molar refractivity (Wildman–Crippen MR) is 54.0 cm³/mol. The zero-order valence-electron chi connectivity index (χ0n) is 8.77. The van der Waals surface area contributed by atoms with Crippen LogP contribution in [0.25, 0.3) is 0 Å². The average molecular weight is 227 g/mol. The molecule has 1 atom stereocenters. The van der Waals surface area contributed by atoms with Gasteiger partial charge in [0.25, 0.3) is 5.69 Å². The number of alkyl halides is 1. The zero-order chi connectivity index (χ0) is 12.3. The second-order valence-corrected chi connectivity index (χ2v) is 3.11. The summed E-state index contributed by atoms with van der Waals surface area (Å²) in [6.07, 6.45) is -1.52. The maximum atomic E-state index is 13.1. The Labute approximate surface area is 91.0 Å². The van der Waals surface area contributed by atoms with E-state index in [1.807, 2.05) is 0 Å². The molecule has 86 valence electrons. The Balaban J connectivity index is 3.44. The first-order valence-electron chi connectivity index (χ1n) is 4.48. The topological polar surface area (TPSA) is 69.4 Å². The highest BCUT2D eigenvalue weighted by Gasteiger charge is 2.27. The molecule has 0 heterocycles. The Morgan fingerprint density at radius 3 is 2.62 bits per heavy atom. The fraction of sp³-hybridized carbons (Fsp3) is 0.300. The summed E-state index contributed by atoms with van der Waals surface area (Å²) in [5, 5.41) is 10.8. The molecule has 5 nitrogen and oxygen atoms in total. The Hall–Kier alpha value is -1.98. The Morgan fingerprint density at radius 1 is 1.56 bits per heavy atom. The van der Waals surface area contributed by atoms with Gasteiger partial charge in [0.1, 0.15) is 11.7 Å². The molecule has 0 aliphatic carbocycles. The normalized spacial score (nSPS) is 11.9. The van der Waals surface area contributed by atoms with Gasteiger partial charge in [0.05, 0.1) is 17.6 Å². The molecular weight excluding hydrogens is 217 g/mol. The van der Waals surface area contributed by atoms with Crippen molar-refractivity contribution >= 4 is 11.7 Å². The Bertz CT molecular complexity index is 431. The molecule has 1 unspecified atom stereocenters. The molecule has 0 saturated carbocycles. The summed E-state index contributed by atoms with van der Waals surface area (Å²) in [6, 6.07) is 3.88. The first-order valence-corrected chi connectivity index (χ1v) is 4.48. The fourth-order valence-corrected chi connectivity index (χ4v) is 1.36. The van der Waals surface area contributed by atoms with E-state index in [4.69, 9.17) is 0 Å². The van der Waals surface area contributed by atoms with Crippen molar-refractivity contribution in [3.8, 4) is 0 Å². The highest BCUT2D eigenvalue weighted by molar-refractivity contribution is 5.94. The number of rotatable bonds is 3. The van der Waals surface area contributed by atoms with Crippen LogP contribution in [0.4, 0.5) is 10.1 Å². The summed E-state index contributed by atoms with van der Waals surface area (Å²) in [5.74, 6) is -0.853. The molecule has 6 heteroatoms. The second-order valence-electron chi connectivity index (χ2n) is 3.11. The number of nitrogens with zero attached hydrogens (tertiary/aromatic N) is 1. The number of benzene rings is 1. The molecule has 0 fully saturated rings. The maximum Gasteiger partial charge on any atom is 0.344 e. The first kappa shape index (κ1) is 12.1. The smallest absolute Gasteiger partial charge is 0.344 e. The Kier molecular flexibility index (Phi) is 3.55. The highest BCUT2D eigenvalue weighted by atomic mass is 19.1. The monoisotopic (exact) mass is 227 g/mol. The number of halogens is 1. The van der Waals surface area contributed by atoms with Gasteiger partial charge in [-0.25, -0.2) is 9.18 Å². The van der Waals surface area contributed by atoms with Crippen molar-refractivity contribution in [3.05, 3.63) is 39.4 Å². The fourth-order valence-electron chi connectivity index (χ4n) is 1.36. The average Bonchev–Trinajstić information content (AvgIpc) is 2.26. The number of nitro groups is 1. The van der Waals surface area contributed by atoms with E-state index in [-0.39, 0.29) is 11.1 Å². The van der Waals surface area contributed by atoms with Crippen molar-refractivity contribution < 1.29 is 18.8 Å². The van der Waals surface area contributed by atoms with Crippen molar-refractivity contribution in [3.63, 3.8) is 0 Å². The van der Waals surface area contributed by atoms with Gasteiger partial charge in [-0.15, -0.1) is 0 Å². The van der Waals surface area contributed by atoms with Crippen LogP contribution in [0, 0.1) is 10.1 Å². The molecule has 0 bridgehead atoms. The zero-order valence-corrected chi connectivity index (χ0v) is 8.77. The van der Waals surface area contributed by atoms with Crippen LogP contribution in [0.5, 0.6) is 0 Å². The van der Waals surface area contributed by atoms with Gasteiger partial charge in [0, 0.05) is 0 Å². The molecule has 1 aromatic carbocycles. The lowest BCUT2D eigenvalue weighted by atomic mass is 10.0. The molecule has 0 amide bonds. The number of hydrogen-bond donors (Lipinski definition) is 0. The molecule has 1 rings (SSSR count). The largest absolute Gasteiger partial charge is 0.465 e. The van der Waals surface area contributed by atoms with E-state index in [1.165, 1.54) is 25.1 Å². The van der Waals surface area contributed by atoms with Gasteiger partial charge in [-0.2, -0.15) is 0 Å². The summed E-state index contributed by atoms with van der Waals surface area (Å²) in [7, 11) is 1.11. The Morgan fingerprint density at radius 2 is 2.19 bits per heavy atom. The molecule has 0 N–H and O–H groups in total. The van der Waals surface area contributed by atoms with Crippen LogP contribution in [0.2, 0.25) is 0 Å². The number of carbonyl (C=O) groups is 1. The lowest BCUT2D eigenvalue weighted by Gasteiger charge is -2.07. The third-order valence-corrected chi connectivity index (χ3v) is 2.08. The number of esters is 1. The predicted octanol–water partition coefficient (Wildman–Crippen LogP) is 2.41. The van der Waals surface area contributed by atoms with E-state index in [2.05, 4.69) is 4.74 Å². The first-order chi connectivity index (χ1) is 7.49.